The Morgan fingerprint density at radius 2 is 1.32 bits per heavy atom. The Labute approximate surface area is 119 Å². The minimum Gasteiger partial charge on any atom is -0.265 e. The normalized spacial score (nSPS) is 16.0. The summed E-state index contributed by atoms with van der Waals surface area (Å²) < 4.78 is 0. The largest absolute Gasteiger partial charge is 0.265 e. The SMILES string of the molecule is CCCC(CC)C(c1ccncc1)C(CC)CCC. The molecule has 0 amide bonds. The van der Waals surface area contributed by atoms with Crippen molar-refractivity contribution in [2.75, 3.05) is 0 Å². The van der Waals surface area contributed by atoms with E-state index in [1.165, 1.54) is 44.1 Å². The Balaban J connectivity index is 3.01. The lowest BCUT2D eigenvalue weighted by molar-refractivity contribution is 0.263. The highest BCUT2D eigenvalue weighted by atomic mass is 14.6. The molecule has 1 nitrogen and oxygen atoms in total. The van der Waals surface area contributed by atoms with Crippen molar-refractivity contribution >= 4 is 0 Å². The molecular formula is C18H31N. The van der Waals surface area contributed by atoms with E-state index >= 15 is 0 Å². The summed E-state index contributed by atoms with van der Waals surface area (Å²) in [6.45, 7) is 9.33. The van der Waals surface area contributed by atoms with Gasteiger partial charge in [-0.1, -0.05) is 66.2 Å². The summed E-state index contributed by atoms with van der Waals surface area (Å²) in [4.78, 5) is 4.19. The minimum absolute atomic E-state index is 0.720. The fourth-order valence-corrected chi connectivity index (χ4v) is 3.53. The summed E-state index contributed by atoms with van der Waals surface area (Å²) in [6.07, 6.45) is 11.8. The van der Waals surface area contributed by atoms with E-state index in [0.717, 1.165) is 17.8 Å². The van der Waals surface area contributed by atoms with Crippen molar-refractivity contribution in [3.63, 3.8) is 0 Å². The molecule has 0 spiro atoms. The molecule has 0 saturated heterocycles. The molecule has 0 aliphatic carbocycles. The first-order chi connectivity index (χ1) is 9.28. The molecule has 0 N–H and O–H groups in total. The zero-order valence-electron chi connectivity index (χ0n) is 13.2. The van der Waals surface area contributed by atoms with Gasteiger partial charge in [-0.15, -0.1) is 0 Å². The van der Waals surface area contributed by atoms with Gasteiger partial charge in [0.25, 0.3) is 0 Å². The summed E-state index contributed by atoms with van der Waals surface area (Å²) in [7, 11) is 0. The van der Waals surface area contributed by atoms with Crippen LogP contribution in [-0.2, 0) is 0 Å². The van der Waals surface area contributed by atoms with Crippen molar-refractivity contribution in [1.82, 2.24) is 4.98 Å². The maximum atomic E-state index is 4.19. The first-order valence-corrected chi connectivity index (χ1v) is 8.18. The van der Waals surface area contributed by atoms with Crippen LogP contribution in [0.25, 0.3) is 0 Å². The van der Waals surface area contributed by atoms with E-state index in [-0.39, 0.29) is 0 Å². The van der Waals surface area contributed by atoms with Crippen molar-refractivity contribution in [2.24, 2.45) is 11.8 Å². The Hall–Kier alpha value is -0.850. The summed E-state index contributed by atoms with van der Waals surface area (Å²) in [5, 5.41) is 0. The number of nitrogens with zero attached hydrogens (tertiary/aromatic N) is 1. The van der Waals surface area contributed by atoms with Crippen LogP contribution in [0.5, 0.6) is 0 Å². The van der Waals surface area contributed by atoms with E-state index in [2.05, 4.69) is 44.8 Å². The zero-order valence-corrected chi connectivity index (χ0v) is 13.2. The minimum atomic E-state index is 0.720. The van der Waals surface area contributed by atoms with Crippen molar-refractivity contribution in [3.05, 3.63) is 30.1 Å². The molecular weight excluding hydrogens is 230 g/mol. The lowest BCUT2D eigenvalue weighted by Crippen LogP contribution is -2.21. The number of rotatable bonds is 9. The molecule has 0 aliphatic rings. The third-order valence-corrected chi connectivity index (χ3v) is 4.47. The van der Waals surface area contributed by atoms with Gasteiger partial charge in [0.2, 0.25) is 0 Å². The van der Waals surface area contributed by atoms with E-state index < -0.39 is 0 Å². The van der Waals surface area contributed by atoms with Gasteiger partial charge in [0.1, 0.15) is 0 Å². The predicted octanol–water partition coefficient (Wildman–Crippen LogP) is 5.82. The van der Waals surface area contributed by atoms with Gasteiger partial charge in [-0.2, -0.15) is 0 Å². The van der Waals surface area contributed by atoms with Gasteiger partial charge in [-0.3, -0.25) is 4.98 Å². The molecule has 0 radical (unpaired) electrons. The third-order valence-electron chi connectivity index (χ3n) is 4.47. The molecule has 2 atom stereocenters. The van der Waals surface area contributed by atoms with Crippen molar-refractivity contribution in [3.8, 4) is 0 Å². The molecule has 108 valence electrons. The van der Waals surface area contributed by atoms with Crippen LogP contribution in [0.15, 0.2) is 24.5 Å². The summed E-state index contributed by atoms with van der Waals surface area (Å²) >= 11 is 0. The van der Waals surface area contributed by atoms with Crippen LogP contribution >= 0.6 is 0 Å². The van der Waals surface area contributed by atoms with Gasteiger partial charge in [-0.25, -0.2) is 0 Å². The van der Waals surface area contributed by atoms with Gasteiger partial charge in [0.05, 0.1) is 0 Å². The lowest BCUT2D eigenvalue weighted by Gasteiger charge is -2.33. The smallest absolute Gasteiger partial charge is 0.0270 e. The number of hydrogen-bond donors (Lipinski definition) is 0. The first-order valence-electron chi connectivity index (χ1n) is 8.18. The topological polar surface area (TPSA) is 12.9 Å². The summed E-state index contributed by atoms with van der Waals surface area (Å²) in [6, 6.07) is 4.47. The zero-order chi connectivity index (χ0) is 14.1. The molecule has 19 heavy (non-hydrogen) atoms. The maximum absolute atomic E-state index is 4.19. The highest BCUT2D eigenvalue weighted by Gasteiger charge is 2.27. The van der Waals surface area contributed by atoms with E-state index in [0.29, 0.717) is 0 Å². The fraction of sp³-hybridized carbons (Fsp3) is 0.722. The molecule has 2 unspecified atom stereocenters. The predicted molar refractivity (Wildman–Crippen MR) is 84.4 cm³/mol. The highest BCUT2D eigenvalue weighted by molar-refractivity contribution is 5.18. The standard InChI is InChI=1S/C18H31N/c1-5-9-15(7-3)18(16(8-4)10-6-2)17-11-13-19-14-12-17/h11-16,18H,5-10H2,1-4H3. The number of pyridine rings is 1. The monoisotopic (exact) mass is 261 g/mol. The van der Waals surface area contributed by atoms with Crippen LogP contribution in [0, 0.1) is 11.8 Å². The van der Waals surface area contributed by atoms with E-state index in [1.54, 1.807) is 0 Å². The lowest BCUT2D eigenvalue weighted by atomic mass is 9.72. The number of aromatic nitrogens is 1. The number of hydrogen-bond acceptors (Lipinski definition) is 1. The molecule has 0 saturated carbocycles. The molecule has 0 aliphatic heterocycles. The molecule has 0 bridgehead atoms. The molecule has 0 fully saturated rings. The Bertz CT molecular complexity index is 306. The van der Waals surface area contributed by atoms with Crippen LogP contribution in [0.2, 0.25) is 0 Å². The average molecular weight is 261 g/mol. The van der Waals surface area contributed by atoms with Crippen molar-refractivity contribution in [1.29, 1.82) is 0 Å². The fourth-order valence-electron chi connectivity index (χ4n) is 3.53. The van der Waals surface area contributed by atoms with Gasteiger partial charge in [0.15, 0.2) is 0 Å². The van der Waals surface area contributed by atoms with Crippen LogP contribution < -0.4 is 0 Å². The van der Waals surface area contributed by atoms with Gasteiger partial charge < -0.3 is 0 Å². The molecule has 0 aromatic carbocycles. The molecule has 1 rings (SSSR count). The van der Waals surface area contributed by atoms with Gasteiger partial charge in [-0.05, 0) is 35.4 Å². The highest BCUT2D eigenvalue weighted by Crippen LogP contribution is 2.40. The Morgan fingerprint density at radius 1 is 0.842 bits per heavy atom. The Kier molecular flexibility index (Phi) is 7.78. The second-order valence-corrected chi connectivity index (χ2v) is 5.72. The molecule has 1 aromatic heterocycles. The van der Waals surface area contributed by atoms with Crippen LogP contribution in [0.3, 0.4) is 0 Å². The Morgan fingerprint density at radius 3 is 1.68 bits per heavy atom. The quantitative estimate of drug-likeness (QED) is 0.546. The van der Waals surface area contributed by atoms with Crippen LogP contribution in [-0.4, -0.2) is 4.98 Å². The summed E-state index contributed by atoms with van der Waals surface area (Å²) in [5.74, 6) is 2.37. The van der Waals surface area contributed by atoms with Gasteiger partial charge >= 0.3 is 0 Å². The van der Waals surface area contributed by atoms with Crippen LogP contribution in [0.1, 0.15) is 77.7 Å². The van der Waals surface area contributed by atoms with E-state index in [9.17, 15) is 0 Å². The van der Waals surface area contributed by atoms with Crippen molar-refractivity contribution < 1.29 is 0 Å². The average Bonchev–Trinajstić information content (AvgIpc) is 2.46. The maximum Gasteiger partial charge on any atom is 0.0270 e. The second kappa shape index (κ2) is 9.12. The summed E-state index contributed by atoms with van der Waals surface area (Å²) in [5.41, 5.74) is 1.51. The third kappa shape index (κ3) is 4.63. The van der Waals surface area contributed by atoms with E-state index in [4.69, 9.17) is 0 Å². The molecule has 1 heterocycles. The van der Waals surface area contributed by atoms with Gasteiger partial charge in [0, 0.05) is 12.4 Å². The second-order valence-electron chi connectivity index (χ2n) is 5.72. The van der Waals surface area contributed by atoms with E-state index in [1.807, 2.05) is 12.4 Å². The molecule has 1 aromatic rings. The van der Waals surface area contributed by atoms with Crippen LogP contribution in [0.4, 0.5) is 0 Å². The molecule has 1 heteroatoms. The van der Waals surface area contributed by atoms with Crippen molar-refractivity contribution in [2.45, 2.75) is 72.1 Å². The first kappa shape index (κ1) is 16.2.